The molecule has 2 aromatic carbocycles. The molecule has 0 aliphatic heterocycles. The van der Waals surface area contributed by atoms with E-state index in [-0.39, 0.29) is 43.8 Å². The Morgan fingerprint density at radius 2 is 1.83 bits per heavy atom. The lowest BCUT2D eigenvalue weighted by molar-refractivity contribution is -0.120. The van der Waals surface area contributed by atoms with Crippen molar-refractivity contribution in [1.29, 1.82) is 0 Å². The lowest BCUT2D eigenvalue weighted by atomic mass is 10.2. The summed E-state index contributed by atoms with van der Waals surface area (Å²) in [4.78, 5) is 42.2. The number of hydrogen-bond donors (Lipinski definition) is 2. The van der Waals surface area contributed by atoms with Gasteiger partial charge in [-0.1, -0.05) is 35.3 Å². The van der Waals surface area contributed by atoms with E-state index in [1.54, 1.807) is 42.5 Å². The molecule has 9 nitrogen and oxygen atoms in total. The Bertz CT molecular complexity index is 1300. The fourth-order valence-electron chi connectivity index (χ4n) is 3.26. The molecule has 1 heterocycles. The van der Waals surface area contributed by atoms with Crippen molar-refractivity contribution < 1.29 is 14.6 Å². The first-order valence-electron chi connectivity index (χ1n) is 11.0. The summed E-state index contributed by atoms with van der Waals surface area (Å²) in [6.07, 6.45) is 0.227. The summed E-state index contributed by atoms with van der Waals surface area (Å²) in [5, 5.41) is 12.8. The second kappa shape index (κ2) is 12.0. The van der Waals surface area contributed by atoms with E-state index < -0.39 is 17.9 Å². The van der Waals surface area contributed by atoms with E-state index in [1.807, 2.05) is 13.8 Å². The summed E-state index contributed by atoms with van der Waals surface area (Å²) in [5.74, 6) is 0.129. The largest absolute Gasteiger partial charge is 0.489 e. The first-order chi connectivity index (χ1) is 16.7. The second-order valence-corrected chi connectivity index (χ2v) is 8.95. The van der Waals surface area contributed by atoms with E-state index >= 15 is 0 Å². The van der Waals surface area contributed by atoms with Crippen LogP contribution in [0.4, 0.5) is 11.6 Å². The van der Waals surface area contributed by atoms with E-state index in [4.69, 9.17) is 33.0 Å². The number of nitrogens with zero attached hydrogens (tertiary/aromatic N) is 3. The van der Waals surface area contributed by atoms with Crippen molar-refractivity contribution in [2.24, 2.45) is 0 Å². The van der Waals surface area contributed by atoms with Gasteiger partial charge in [0.1, 0.15) is 5.75 Å². The zero-order valence-electron chi connectivity index (χ0n) is 19.3. The van der Waals surface area contributed by atoms with Crippen LogP contribution >= 0.6 is 23.2 Å². The van der Waals surface area contributed by atoms with Gasteiger partial charge in [0, 0.05) is 23.7 Å². The van der Waals surface area contributed by atoms with Gasteiger partial charge >= 0.3 is 11.4 Å². The lowest BCUT2D eigenvalue weighted by Gasteiger charge is -2.17. The highest BCUT2D eigenvalue weighted by Crippen LogP contribution is 2.29. The van der Waals surface area contributed by atoms with Crippen molar-refractivity contribution in [3.05, 3.63) is 79.0 Å². The molecule has 186 valence electrons. The molecule has 0 unspecified atom stereocenters. The Kier molecular flexibility index (Phi) is 9.08. The van der Waals surface area contributed by atoms with Crippen molar-refractivity contribution in [2.45, 2.75) is 45.9 Å². The SMILES string of the molecule is CC(C)Oc1ccc(Nc2nc(=O)n(CC(=O)CCCO)c(=O)n2Cc2ccc(Cl)cc2)cc1Cl. The van der Waals surface area contributed by atoms with Crippen LogP contribution < -0.4 is 21.4 Å². The van der Waals surface area contributed by atoms with Gasteiger partial charge in [-0.25, -0.2) is 14.2 Å². The normalized spacial score (nSPS) is 11.0. The van der Waals surface area contributed by atoms with Gasteiger partial charge in [0.2, 0.25) is 5.95 Å². The molecule has 0 atom stereocenters. The third-order valence-electron chi connectivity index (χ3n) is 4.90. The van der Waals surface area contributed by atoms with E-state index in [0.717, 1.165) is 10.1 Å². The first-order valence-corrected chi connectivity index (χ1v) is 11.8. The third kappa shape index (κ3) is 7.17. The van der Waals surface area contributed by atoms with Crippen LogP contribution in [0.3, 0.4) is 0 Å². The molecule has 0 aliphatic rings. The minimum Gasteiger partial charge on any atom is -0.489 e. The Morgan fingerprint density at radius 3 is 2.46 bits per heavy atom. The monoisotopic (exact) mass is 520 g/mol. The smallest absolute Gasteiger partial charge is 0.355 e. The molecular formula is C24H26Cl2N4O5. The van der Waals surface area contributed by atoms with Crippen molar-refractivity contribution in [3.63, 3.8) is 0 Å². The molecule has 3 rings (SSSR count). The average molecular weight is 521 g/mol. The molecule has 11 heteroatoms. The van der Waals surface area contributed by atoms with Gasteiger partial charge in [-0.15, -0.1) is 0 Å². The van der Waals surface area contributed by atoms with Gasteiger partial charge in [0.05, 0.1) is 24.2 Å². The molecule has 0 fully saturated rings. The van der Waals surface area contributed by atoms with Crippen LogP contribution in [0.5, 0.6) is 5.75 Å². The van der Waals surface area contributed by atoms with Gasteiger partial charge < -0.3 is 15.2 Å². The van der Waals surface area contributed by atoms with Crippen LogP contribution in [-0.4, -0.2) is 37.7 Å². The standard InChI is InChI=1S/C24H26Cl2N4O5/c1-15(2)35-21-10-9-18(12-20(21)26)27-22-28-23(33)30(14-19(32)4-3-11-31)24(34)29(22)13-16-5-7-17(25)8-6-16/h5-10,12,15,31H,3-4,11,13-14H2,1-2H3,(H,27,28,33). The number of aliphatic hydroxyl groups excluding tert-OH is 1. The zero-order chi connectivity index (χ0) is 25.5. The van der Waals surface area contributed by atoms with Gasteiger partial charge in [-0.2, -0.15) is 4.98 Å². The molecule has 0 spiro atoms. The van der Waals surface area contributed by atoms with Crippen LogP contribution in [0.15, 0.2) is 52.1 Å². The van der Waals surface area contributed by atoms with Crippen molar-refractivity contribution in [2.75, 3.05) is 11.9 Å². The van der Waals surface area contributed by atoms with Crippen LogP contribution in [0.1, 0.15) is 32.3 Å². The summed E-state index contributed by atoms with van der Waals surface area (Å²) in [6, 6.07) is 11.8. The number of nitrogens with one attached hydrogen (secondary N) is 1. The molecule has 0 amide bonds. The predicted octanol–water partition coefficient (Wildman–Crippen LogP) is 3.63. The number of rotatable bonds is 11. The number of anilines is 2. The number of aliphatic hydroxyl groups is 1. The topological polar surface area (TPSA) is 115 Å². The Hall–Kier alpha value is -3.14. The van der Waals surface area contributed by atoms with Gasteiger partial charge in [0.25, 0.3) is 0 Å². The highest BCUT2D eigenvalue weighted by molar-refractivity contribution is 6.32. The van der Waals surface area contributed by atoms with Crippen LogP contribution in [0.25, 0.3) is 0 Å². The highest BCUT2D eigenvalue weighted by Gasteiger charge is 2.17. The molecule has 0 saturated carbocycles. The maximum Gasteiger partial charge on any atom is 0.355 e. The van der Waals surface area contributed by atoms with Crippen LogP contribution in [0, 0.1) is 0 Å². The average Bonchev–Trinajstić information content (AvgIpc) is 2.80. The lowest BCUT2D eigenvalue weighted by Crippen LogP contribution is -2.44. The fraction of sp³-hybridized carbons (Fsp3) is 0.333. The summed E-state index contributed by atoms with van der Waals surface area (Å²) < 4.78 is 7.68. The maximum atomic E-state index is 13.3. The number of ketones is 1. The molecule has 3 aromatic rings. The number of aromatic nitrogens is 3. The zero-order valence-corrected chi connectivity index (χ0v) is 20.8. The van der Waals surface area contributed by atoms with E-state index in [0.29, 0.717) is 21.5 Å². The van der Waals surface area contributed by atoms with E-state index in [2.05, 4.69) is 10.3 Å². The van der Waals surface area contributed by atoms with Crippen LogP contribution in [-0.2, 0) is 17.9 Å². The van der Waals surface area contributed by atoms with Crippen molar-refractivity contribution in [1.82, 2.24) is 14.1 Å². The maximum absolute atomic E-state index is 13.3. The van der Waals surface area contributed by atoms with Crippen LogP contribution in [0.2, 0.25) is 10.0 Å². The van der Waals surface area contributed by atoms with Gasteiger partial charge in [-0.05, 0) is 56.2 Å². The number of Topliss-reactive ketones (excluding diaryl/α,β-unsaturated/α-hetero) is 1. The summed E-state index contributed by atoms with van der Waals surface area (Å²) in [5.41, 5.74) is -0.352. The van der Waals surface area contributed by atoms with Gasteiger partial charge in [0.15, 0.2) is 5.78 Å². The molecule has 1 aromatic heterocycles. The number of hydrogen-bond acceptors (Lipinski definition) is 7. The van der Waals surface area contributed by atoms with Gasteiger partial charge in [-0.3, -0.25) is 9.36 Å². The Balaban J connectivity index is 2.01. The third-order valence-corrected chi connectivity index (χ3v) is 5.45. The number of ether oxygens (including phenoxy) is 1. The minimum atomic E-state index is -0.868. The van der Waals surface area contributed by atoms with Crippen molar-refractivity contribution in [3.8, 4) is 5.75 Å². The molecule has 2 N–H and O–H groups in total. The summed E-state index contributed by atoms with van der Waals surface area (Å²) >= 11 is 12.3. The molecule has 0 aliphatic carbocycles. The Labute approximate surface area is 211 Å². The fourth-order valence-corrected chi connectivity index (χ4v) is 3.61. The molecular weight excluding hydrogens is 495 g/mol. The highest BCUT2D eigenvalue weighted by atomic mass is 35.5. The number of halogens is 2. The van der Waals surface area contributed by atoms with E-state index in [1.165, 1.54) is 4.57 Å². The first kappa shape index (κ1) is 26.5. The number of carbonyl (C=O) groups is 1. The predicted molar refractivity (Wildman–Crippen MR) is 135 cm³/mol. The summed E-state index contributed by atoms with van der Waals surface area (Å²) in [7, 11) is 0. The molecule has 35 heavy (non-hydrogen) atoms. The molecule has 0 saturated heterocycles. The second-order valence-electron chi connectivity index (χ2n) is 8.10. The number of benzene rings is 2. The molecule has 0 radical (unpaired) electrons. The summed E-state index contributed by atoms with van der Waals surface area (Å²) in [6.45, 7) is 3.24. The quantitative estimate of drug-likeness (QED) is 0.396. The van der Waals surface area contributed by atoms with E-state index in [9.17, 15) is 14.4 Å². The van der Waals surface area contributed by atoms with Crippen molar-refractivity contribution >= 4 is 40.6 Å². The minimum absolute atomic E-state index is 0.0115. The Morgan fingerprint density at radius 1 is 1.11 bits per heavy atom. The number of carbonyl (C=O) groups excluding carboxylic acids is 1. The molecule has 0 bridgehead atoms.